The van der Waals surface area contributed by atoms with E-state index < -0.39 is 6.67 Å². The van der Waals surface area contributed by atoms with Crippen LogP contribution in [0.25, 0.3) is 0 Å². The van der Waals surface area contributed by atoms with Crippen LogP contribution < -0.4 is 10.1 Å². The van der Waals surface area contributed by atoms with E-state index >= 15 is 0 Å². The molecular formula is C12H16FNO. The first-order valence-corrected chi connectivity index (χ1v) is 5.32. The summed E-state index contributed by atoms with van der Waals surface area (Å²) in [6.45, 7) is 0.561. The number of rotatable bonds is 3. The number of nitrogens with one attached hydrogen (secondary N) is 1. The zero-order valence-electron chi connectivity index (χ0n) is 8.92. The van der Waals surface area contributed by atoms with Crippen molar-refractivity contribution in [2.24, 2.45) is 0 Å². The second-order valence-corrected chi connectivity index (χ2v) is 3.81. The van der Waals surface area contributed by atoms with Crippen LogP contribution >= 0.6 is 0 Å². The van der Waals surface area contributed by atoms with Gasteiger partial charge in [0.25, 0.3) is 0 Å². The van der Waals surface area contributed by atoms with Crippen LogP contribution in [0.3, 0.4) is 0 Å². The highest BCUT2D eigenvalue weighted by atomic mass is 19.1. The first-order chi connectivity index (χ1) is 7.36. The van der Waals surface area contributed by atoms with E-state index in [2.05, 4.69) is 5.32 Å². The van der Waals surface area contributed by atoms with Gasteiger partial charge in [0.15, 0.2) is 0 Å². The third kappa shape index (κ3) is 1.97. The van der Waals surface area contributed by atoms with Gasteiger partial charge in [-0.25, -0.2) is 4.39 Å². The fraction of sp³-hybridized carbons (Fsp3) is 0.500. The third-order valence-electron chi connectivity index (χ3n) is 2.96. The van der Waals surface area contributed by atoms with Crippen molar-refractivity contribution in [3.8, 4) is 5.75 Å². The Kier molecular flexibility index (Phi) is 3.21. The fourth-order valence-electron chi connectivity index (χ4n) is 2.19. The summed E-state index contributed by atoms with van der Waals surface area (Å²) >= 11 is 0. The lowest BCUT2D eigenvalue weighted by molar-refractivity contribution is 0.390. The van der Waals surface area contributed by atoms with E-state index in [1.165, 1.54) is 0 Å². The maximum Gasteiger partial charge on any atom is 0.125 e. The predicted molar refractivity (Wildman–Crippen MR) is 57.8 cm³/mol. The first-order valence-electron chi connectivity index (χ1n) is 5.32. The van der Waals surface area contributed by atoms with Gasteiger partial charge in [-0.3, -0.25) is 0 Å². The lowest BCUT2D eigenvalue weighted by atomic mass is 9.99. The quantitative estimate of drug-likeness (QED) is 0.826. The summed E-state index contributed by atoms with van der Waals surface area (Å²) in [5.41, 5.74) is 1.74. The molecule has 1 aliphatic rings. The molecule has 0 bridgehead atoms. The minimum atomic E-state index is -0.461. The molecule has 1 aromatic rings. The summed E-state index contributed by atoms with van der Waals surface area (Å²) in [7, 11) is 1.58. The van der Waals surface area contributed by atoms with E-state index in [-0.39, 0.29) is 0 Å². The molecule has 2 rings (SSSR count). The molecule has 0 saturated carbocycles. The molecule has 1 N–H and O–H groups in total. The van der Waals surface area contributed by atoms with Gasteiger partial charge in [-0.15, -0.1) is 0 Å². The molecule has 1 saturated heterocycles. The molecule has 0 aromatic heterocycles. The maximum atomic E-state index is 13.0. The number of hydrogen-bond donors (Lipinski definition) is 1. The summed E-state index contributed by atoms with van der Waals surface area (Å²) in [5, 5.41) is 3.38. The SMILES string of the molecule is COc1cccc(C2CCCN2)c1CF. The Morgan fingerprint density at radius 3 is 3.00 bits per heavy atom. The van der Waals surface area contributed by atoms with Crippen LogP contribution in [0.1, 0.15) is 30.0 Å². The molecule has 1 heterocycles. The van der Waals surface area contributed by atoms with Crippen molar-refractivity contribution >= 4 is 0 Å². The van der Waals surface area contributed by atoms with Crippen LogP contribution in [0.4, 0.5) is 4.39 Å². The van der Waals surface area contributed by atoms with Crippen LogP contribution in [0, 0.1) is 0 Å². The van der Waals surface area contributed by atoms with E-state index in [4.69, 9.17) is 4.74 Å². The molecule has 2 nitrogen and oxygen atoms in total. The van der Waals surface area contributed by atoms with Crippen LogP contribution in [0.5, 0.6) is 5.75 Å². The van der Waals surface area contributed by atoms with Crippen molar-refractivity contribution in [2.45, 2.75) is 25.6 Å². The topological polar surface area (TPSA) is 21.3 Å². The number of ether oxygens (including phenoxy) is 1. The number of methoxy groups -OCH3 is 1. The van der Waals surface area contributed by atoms with Gasteiger partial charge in [-0.1, -0.05) is 12.1 Å². The minimum Gasteiger partial charge on any atom is -0.496 e. The van der Waals surface area contributed by atoms with Crippen molar-refractivity contribution in [1.29, 1.82) is 0 Å². The molecular weight excluding hydrogens is 193 g/mol. The summed E-state index contributed by atoms with van der Waals surface area (Å²) in [6, 6.07) is 6.02. The zero-order valence-corrected chi connectivity index (χ0v) is 8.92. The predicted octanol–water partition coefficient (Wildman–Crippen LogP) is 2.59. The summed E-state index contributed by atoms with van der Waals surface area (Å²) in [5.74, 6) is 0.656. The molecule has 0 radical (unpaired) electrons. The van der Waals surface area contributed by atoms with Crippen molar-refractivity contribution in [3.05, 3.63) is 29.3 Å². The van der Waals surface area contributed by atoms with Gasteiger partial charge in [0, 0.05) is 11.6 Å². The Hall–Kier alpha value is -1.09. The van der Waals surface area contributed by atoms with E-state index in [1.54, 1.807) is 7.11 Å². The molecule has 0 amide bonds. The lowest BCUT2D eigenvalue weighted by Gasteiger charge is -2.16. The molecule has 1 atom stereocenters. The highest BCUT2D eigenvalue weighted by Gasteiger charge is 2.20. The second kappa shape index (κ2) is 4.62. The number of alkyl halides is 1. The monoisotopic (exact) mass is 209 g/mol. The van der Waals surface area contributed by atoms with E-state index in [9.17, 15) is 4.39 Å². The highest BCUT2D eigenvalue weighted by molar-refractivity contribution is 5.41. The molecule has 15 heavy (non-hydrogen) atoms. The van der Waals surface area contributed by atoms with Crippen molar-refractivity contribution in [1.82, 2.24) is 5.32 Å². The van der Waals surface area contributed by atoms with Gasteiger partial charge in [0.1, 0.15) is 12.4 Å². The molecule has 1 unspecified atom stereocenters. The molecule has 0 aliphatic carbocycles. The molecule has 0 spiro atoms. The van der Waals surface area contributed by atoms with Crippen LogP contribution in [0.2, 0.25) is 0 Å². The van der Waals surface area contributed by atoms with Gasteiger partial charge >= 0.3 is 0 Å². The van der Waals surface area contributed by atoms with Crippen molar-refractivity contribution in [3.63, 3.8) is 0 Å². The third-order valence-corrected chi connectivity index (χ3v) is 2.96. The van der Waals surface area contributed by atoms with Gasteiger partial charge in [-0.2, -0.15) is 0 Å². The molecule has 1 aromatic carbocycles. The van der Waals surface area contributed by atoms with Gasteiger partial charge in [0.05, 0.1) is 7.11 Å². The molecule has 82 valence electrons. The lowest BCUT2D eigenvalue weighted by Crippen LogP contribution is -2.14. The number of benzene rings is 1. The van der Waals surface area contributed by atoms with Crippen molar-refractivity contribution < 1.29 is 9.13 Å². The summed E-state index contributed by atoms with van der Waals surface area (Å²) in [4.78, 5) is 0. The number of halogens is 1. The standard InChI is InChI=1S/C12H16FNO/c1-15-12-6-2-4-9(10(12)8-13)11-5-3-7-14-11/h2,4,6,11,14H,3,5,7-8H2,1H3. The Labute approximate surface area is 89.4 Å². The second-order valence-electron chi connectivity index (χ2n) is 3.81. The normalized spacial score (nSPS) is 20.5. The average molecular weight is 209 g/mol. The minimum absolute atomic E-state index is 0.297. The van der Waals surface area contributed by atoms with E-state index in [0.717, 1.165) is 24.9 Å². The first kappa shape index (κ1) is 10.4. The van der Waals surface area contributed by atoms with Crippen LogP contribution in [-0.4, -0.2) is 13.7 Å². The van der Waals surface area contributed by atoms with Gasteiger partial charge < -0.3 is 10.1 Å². The van der Waals surface area contributed by atoms with Gasteiger partial charge in [-0.05, 0) is 31.0 Å². The Bertz CT molecular complexity index is 334. The van der Waals surface area contributed by atoms with E-state index in [1.807, 2.05) is 18.2 Å². The largest absolute Gasteiger partial charge is 0.496 e. The molecule has 1 aliphatic heterocycles. The van der Waals surface area contributed by atoms with Crippen molar-refractivity contribution in [2.75, 3.05) is 13.7 Å². The zero-order chi connectivity index (χ0) is 10.7. The van der Waals surface area contributed by atoms with Gasteiger partial charge in [0.2, 0.25) is 0 Å². The Morgan fingerprint density at radius 2 is 2.40 bits per heavy atom. The maximum absolute atomic E-state index is 13.0. The van der Waals surface area contributed by atoms with E-state index in [0.29, 0.717) is 17.4 Å². The number of hydrogen-bond acceptors (Lipinski definition) is 2. The summed E-state index contributed by atoms with van der Waals surface area (Å²) in [6.07, 6.45) is 2.24. The van der Waals surface area contributed by atoms with Crippen LogP contribution in [-0.2, 0) is 6.67 Å². The Balaban J connectivity index is 2.36. The fourth-order valence-corrected chi connectivity index (χ4v) is 2.19. The Morgan fingerprint density at radius 1 is 1.53 bits per heavy atom. The smallest absolute Gasteiger partial charge is 0.125 e. The average Bonchev–Trinajstić information content (AvgIpc) is 2.81. The molecule has 1 fully saturated rings. The molecule has 3 heteroatoms. The summed E-state index contributed by atoms with van der Waals surface area (Å²) < 4.78 is 18.1. The highest BCUT2D eigenvalue weighted by Crippen LogP contribution is 2.31. The van der Waals surface area contributed by atoms with Crippen LogP contribution in [0.15, 0.2) is 18.2 Å².